The molecule has 0 amide bonds. The van der Waals surface area contributed by atoms with Crippen LogP contribution in [0.2, 0.25) is 0 Å². The van der Waals surface area contributed by atoms with E-state index in [2.05, 4.69) is 14.2 Å². The Morgan fingerprint density at radius 1 is 1.77 bits per heavy atom. The van der Waals surface area contributed by atoms with Crippen LogP contribution in [-0.4, -0.2) is 31.4 Å². The van der Waals surface area contributed by atoms with Gasteiger partial charge >= 0.3 is 12.1 Å². The van der Waals surface area contributed by atoms with Gasteiger partial charge in [-0.2, -0.15) is 0 Å². The molecule has 0 unspecified atom stereocenters. The van der Waals surface area contributed by atoms with Crippen molar-refractivity contribution in [3.63, 3.8) is 0 Å². The van der Waals surface area contributed by atoms with Gasteiger partial charge in [0.1, 0.15) is 6.61 Å². The van der Waals surface area contributed by atoms with Gasteiger partial charge in [-0.3, -0.25) is 0 Å². The van der Waals surface area contributed by atoms with Gasteiger partial charge in [-0.05, 0) is 13.0 Å². The molecule has 13 heavy (non-hydrogen) atoms. The Balaban J connectivity index is 2.31. The molecule has 1 aliphatic heterocycles. The van der Waals surface area contributed by atoms with Crippen molar-refractivity contribution < 1.29 is 23.8 Å². The maximum absolute atomic E-state index is 10.8. The zero-order chi connectivity index (χ0) is 9.68. The molecule has 1 aliphatic rings. The van der Waals surface area contributed by atoms with Gasteiger partial charge in [0.05, 0.1) is 6.61 Å². The molecule has 0 bridgehead atoms. The monoisotopic (exact) mass is 186 g/mol. The third-order valence-corrected chi connectivity index (χ3v) is 1.35. The number of carbonyl (C=O) groups excluding carboxylic acids is 2. The van der Waals surface area contributed by atoms with Crippen LogP contribution in [0.25, 0.3) is 0 Å². The Hall–Kier alpha value is -1.52. The fourth-order valence-electron chi connectivity index (χ4n) is 0.813. The van der Waals surface area contributed by atoms with E-state index in [9.17, 15) is 9.59 Å². The fraction of sp³-hybridized carbons (Fsp3) is 0.500. The molecular formula is C8H10O5. The molecule has 1 saturated heterocycles. The molecule has 0 aromatic carbocycles. The van der Waals surface area contributed by atoms with Crippen LogP contribution >= 0.6 is 0 Å². The molecule has 1 rings (SSSR count). The molecule has 5 heteroatoms. The summed E-state index contributed by atoms with van der Waals surface area (Å²) in [5, 5.41) is 0. The summed E-state index contributed by atoms with van der Waals surface area (Å²) in [4.78, 5) is 21.2. The molecule has 0 N–H and O–H groups in total. The number of rotatable bonds is 3. The van der Waals surface area contributed by atoms with Gasteiger partial charge in [0.2, 0.25) is 0 Å². The molecule has 72 valence electrons. The smallest absolute Gasteiger partial charge is 0.463 e. The molecule has 1 heterocycles. The summed E-state index contributed by atoms with van der Waals surface area (Å²) in [6, 6.07) is 0. The van der Waals surface area contributed by atoms with E-state index in [1.165, 1.54) is 12.2 Å². The van der Waals surface area contributed by atoms with Crippen molar-refractivity contribution in [3.8, 4) is 0 Å². The van der Waals surface area contributed by atoms with Crippen molar-refractivity contribution in [2.75, 3.05) is 13.2 Å². The van der Waals surface area contributed by atoms with Crippen molar-refractivity contribution in [1.82, 2.24) is 0 Å². The van der Waals surface area contributed by atoms with Gasteiger partial charge in [-0.25, -0.2) is 9.59 Å². The van der Waals surface area contributed by atoms with Crippen molar-refractivity contribution >= 4 is 12.1 Å². The van der Waals surface area contributed by atoms with Crippen LogP contribution < -0.4 is 0 Å². The lowest BCUT2D eigenvalue weighted by atomic mass is 10.3. The van der Waals surface area contributed by atoms with E-state index in [0.29, 0.717) is 6.61 Å². The summed E-state index contributed by atoms with van der Waals surface area (Å²) in [5.41, 5.74) is 0. The van der Waals surface area contributed by atoms with Crippen LogP contribution in [-0.2, 0) is 19.0 Å². The van der Waals surface area contributed by atoms with Gasteiger partial charge in [0.25, 0.3) is 0 Å². The number of hydrogen-bond acceptors (Lipinski definition) is 5. The van der Waals surface area contributed by atoms with Gasteiger partial charge in [0, 0.05) is 6.08 Å². The Morgan fingerprint density at radius 2 is 2.54 bits per heavy atom. The zero-order valence-electron chi connectivity index (χ0n) is 7.19. The second kappa shape index (κ2) is 4.49. The highest BCUT2D eigenvalue weighted by Crippen LogP contribution is 2.06. The lowest BCUT2D eigenvalue weighted by Crippen LogP contribution is -2.07. The fourth-order valence-corrected chi connectivity index (χ4v) is 0.813. The van der Waals surface area contributed by atoms with Crippen LogP contribution in [0.4, 0.5) is 4.79 Å². The van der Waals surface area contributed by atoms with Crippen molar-refractivity contribution in [2.45, 2.75) is 13.0 Å². The summed E-state index contributed by atoms with van der Waals surface area (Å²) >= 11 is 0. The number of carbonyl (C=O) groups is 2. The van der Waals surface area contributed by atoms with Crippen LogP contribution in [0.15, 0.2) is 12.2 Å². The third kappa shape index (κ3) is 3.14. The highest BCUT2D eigenvalue weighted by atomic mass is 16.8. The van der Waals surface area contributed by atoms with Gasteiger partial charge < -0.3 is 14.2 Å². The Bertz CT molecular complexity index is 233. The minimum Gasteiger partial charge on any atom is -0.463 e. The molecule has 0 aromatic heterocycles. The van der Waals surface area contributed by atoms with E-state index in [-0.39, 0.29) is 6.61 Å². The predicted octanol–water partition coefficient (Wildman–Crippen LogP) is 0.641. The first kappa shape index (κ1) is 9.57. The first-order valence-electron chi connectivity index (χ1n) is 3.90. The number of cyclic esters (lactones) is 2. The standard InChI is InChI=1S/C8H10O5/c1-2-11-7(9)4-3-6-5-12-8(10)13-6/h3-4,6H,2,5H2,1H3/b4-3+/t6-/m1/s1. The zero-order valence-corrected chi connectivity index (χ0v) is 7.19. The summed E-state index contributed by atoms with van der Waals surface area (Å²) in [7, 11) is 0. The summed E-state index contributed by atoms with van der Waals surface area (Å²) in [5.74, 6) is -0.453. The normalized spacial score (nSPS) is 21.3. The molecule has 1 fully saturated rings. The largest absolute Gasteiger partial charge is 0.509 e. The summed E-state index contributed by atoms with van der Waals surface area (Å²) in [6.07, 6.45) is 1.47. The maximum Gasteiger partial charge on any atom is 0.509 e. The minimum absolute atomic E-state index is 0.148. The first-order chi connectivity index (χ1) is 6.22. The second-order valence-corrected chi connectivity index (χ2v) is 2.33. The van der Waals surface area contributed by atoms with E-state index in [1.807, 2.05) is 0 Å². The van der Waals surface area contributed by atoms with Gasteiger partial charge in [-0.15, -0.1) is 0 Å². The Labute approximate surface area is 75.3 Å². The number of ether oxygens (including phenoxy) is 3. The van der Waals surface area contributed by atoms with Gasteiger partial charge in [-0.1, -0.05) is 0 Å². The van der Waals surface area contributed by atoms with Crippen molar-refractivity contribution in [2.24, 2.45) is 0 Å². The van der Waals surface area contributed by atoms with Gasteiger partial charge in [0.15, 0.2) is 6.10 Å². The van der Waals surface area contributed by atoms with Crippen LogP contribution in [0.3, 0.4) is 0 Å². The van der Waals surface area contributed by atoms with E-state index in [4.69, 9.17) is 0 Å². The molecule has 5 nitrogen and oxygen atoms in total. The Kier molecular flexibility index (Phi) is 3.31. The lowest BCUT2D eigenvalue weighted by Gasteiger charge is -1.97. The molecule has 0 spiro atoms. The molecular weight excluding hydrogens is 176 g/mol. The topological polar surface area (TPSA) is 61.8 Å². The first-order valence-corrected chi connectivity index (χ1v) is 3.90. The number of esters is 1. The van der Waals surface area contributed by atoms with Crippen molar-refractivity contribution in [3.05, 3.63) is 12.2 Å². The SMILES string of the molecule is CCOC(=O)/C=C/[C@@H]1COC(=O)O1. The third-order valence-electron chi connectivity index (χ3n) is 1.35. The number of hydrogen-bond donors (Lipinski definition) is 0. The highest BCUT2D eigenvalue weighted by Gasteiger charge is 2.22. The van der Waals surface area contributed by atoms with Crippen LogP contribution in [0.1, 0.15) is 6.92 Å². The Morgan fingerprint density at radius 3 is 3.08 bits per heavy atom. The average Bonchev–Trinajstić information content (AvgIpc) is 2.49. The van der Waals surface area contributed by atoms with E-state index >= 15 is 0 Å². The second-order valence-electron chi connectivity index (χ2n) is 2.33. The van der Waals surface area contributed by atoms with Crippen molar-refractivity contribution in [1.29, 1.82) is 0 Å². The summed E-state index contributed by atoms with van der Waals surface area (Å²) < 4.78 is 13.7. The molecule has 0 aromatic rings. The highest BCUT2D eigenvalue weighted by molar-refractivity contribution is 5.82. The lowest BCUT2D eigenvalue weighted by molar-refractivity contribution is -0.137. The minimum atomic E-state index is -0.710. The van der Waals surface area contributed by atoms with E-state index < -0.39 is 18.2 Å². The quantitative estimate of drug-likeness (QED) is 0.478. The maximum atomic E-state index is 10.8. The van der Waals surface area contributed by atoms with Crippen LogP contribution in [0, 0.1) is 0 Å². The average molecular weight is 186 g/mol. The molecule has 0 saturated carbocycles. The summed E-state index contributed by atoms with van der Waals surface area (Å²) in [6.45, 7) is 2.18. The van der Waals surface area contributed by atoms with Crippen LogP contribution in [0.5, 0.6) is 0 Å². The molecule has 0 aliphatic carbocycles. The van der Waals surface area contributed by atoms with E-state index in [1.54, 1.807) is 6.92 Å². The molecule has 0 radical (unpaired) electrons. The van der Waals surface area contributed by atoms with E-state index in [0.717, 1.165) is 0 Å². The predicted molar refractivity (Wildman–Crippen MR) is 42.0 cm³/mol. The molecule has 1 atom stereocenters.